The lowest BCUT2D eigenvalue weighted by Crippen LogP contribution is -2.33. The Kier molecular flexibility index (Phi) is 6.02. The van der Waals surface area contributed by atoms with Crippen LogP contribution in [0.1, 0.15) is 23.9 Å². The van der Waals surface area contributed by atoms with Gasteiger partial charge < -0.3 is 5.32 Å². The molecule has 1 unspecified atom stereocenters. The molecule has 0 spiro atoms. The van der Waals surface area contributed by atoms with Crippen LogP contribution in [0, 0.1) is 6.92 Å². The molecule has 0 bridgehead atoms. The highest BCUT2D eigenvalue weighted by Gasteiger charge is 2.17. The molecular formula is C16H21Br2N3. The van der Waals surface area contributed by atoms with Crippen LogP contribution >= 0.6 is 31.9 Å². The van der Waals surface area contributed by atoms with Crippen molar-refractivity contribution in [2.45, 2.75) is 32.7 Å². The lowest BCUT2D eigenvalue weighted by Gasteiger charge is -2.19. The lowest BCUT2D eigenvalue weighted by molar-refractivity contribution is 0.503. The summed E-state index contributed by atoms with van der Waals surface area (Å²) in [6, 6.07) is 8.81. The zero-order valence-corrected chi connectivity index (χ0v) is 15.8. The minimum absolute atomic E-state index is 0.389. The summed E-state index contributed by atoms with van der Waals surface area (Å²) >= 11 is 7.30. The average molecular weight is 415 g/mol. The Morgan fingerprint density at radius 3 is 2.52 bits per heavy atom. The second kappa shape index (κ2) is 7.56. The second-order valence-electron chi connectivity index (χ2n) is 5.22. The second-order valence-corrected chi connectivity index (χ2v) is 6.87. The Morgan fingerprint density at radius 2 is 1.95 bits per heavy atom. The third kappa shape index (κ3) is 4.18. The van der Waals surface area contributed by atoms with Crippen LogP contribution in [0.4, 0.5) is 0 Å². The van der Waals surface area contributed by atoms with E-state index >= 15 is 0 Å². The van der Waals surface area contributed by atoms with Gasteiger partial charge >= 0.3 is 0 Å². The molecular weight excluding hydrogens is 394 g/mol. The molecule has 0 saturated heterocycles. The summed E-state index contributed by atoms with van der Waals surface area (Å²) in [7, 11) is 2.01. The van der Waals surface area contributed by atoms with Gasteiger partial charge in [-0.15, -0.1) is 0 Å². The van der Waals surface area contributed by atoms with Crippen molar-refractivity contribution in [1.29, 1.82) is 0 Å². The fourth-order valence-electron chi connectivity index (χ4n) is 2.57. The number of likely N-dealkylation sites (N-methyl/N-ethyl adjacent to an activating group) is 1. The van der Waals surface area contributed by atoms with Gasteiger partial charge in [0.1, 0.15) is 0 Å². The summed E-state index contributed by atoms with van der Waals surface area (Å²) in [5, 5.41) is 8.07. The Morgan fingerprint density at radius 1 is 1.24 bits per heavy atom. The largest absolute Gasteiger partial charge is 0.314 e. The summed E-state index contributed by atoms with van der Waals surface area (Å²) < 4.78 is 4.28. The van der Waals surface area contributed by atoms with E-state index in [-0.39, 0.29) is 0 Å². The molecule has 114 valence electrons. The molecule has 2 rings (SSSR count). The van der Waals surface area contributed by atoms with Crippen LogP contribution in [-0.4, -0.2) is 22.4 Å². The predicted octanol–water partition coefficient (Wildman–Crippen LogP) is 4.02. The maximum atomic E-state index is 4.48. The molecule has 0 amide bonds. The van der Waals surface area contributed by atoms with E-state index in [1.165, 1.54) is 15.7 Å². The Bertz CT molecular complexity index is 608. The Balaban J connectivity index is 2.18. The van der Waals surface area contributed by atoms with Gasteiger partial charge in [-0.2, -0.15) is 5.10 Å². The number of aryl methyl sites for hydroxylation is 2. The molecule has 5 heteroatoms. The van der Waals surface area contributed by atoms with Gasteiger partial charge in [-0.25, -0.2) is 0 Å². The number of halogens is 2. The van der Waals surface area contributed by atoms with Gasteiger partial charge in [-0.3, -0.25) is 4.68 Å². The monoisotopic (exact) mass is 413 g/mol. The summed E-state index contributed by atoms with van der Waals surface area (Å²) in [5.74, 6) is 0. The molecule has 0 aliphatic heterocycles. The summed E-state index contributed by atoms with van der Waals surface area (Å²) in [4.78, 5) is 0. The van der Waals surface area contributed by atoms with Gasteiger partial charge in [0.2, 0.25) is 0 Å². The number of hydrogen-bond acceptors (Lipinski definition) is 2. The van der Waals surface area contributed by atoms with E-state index in [0.29, 0.717) is 6.04 Å². The van der Waals surface area contributed by atoms with Crippen LogP contribution in [0.5, 0.6) is 0 Å². The smallest absolute Gasteiger partial charge is 0.0738 e. The van der Waals surface area contributed by atoms with E-state index in [1.54, 1.807) is 0 Å². The van der Waals surface area contributed by atoms with E-state index in [9.17, 15) is 0 Å². The topological polar surface area (TPSA) is 29.9 Å². The molecule has 0 radical (unpaired) electrons. The molecule has 1 aromatic heterocycles. The van der Waals surface area contributed by atoms with E-state index in [2.05, 4.69) is 73.5 Å². The minimum Gasteiger partial charge on any atom is -0.314 e. The summed E-state index contributed by atoms with van der Waals surface area (Å²) in [6.45, 7) is 5.14. The van der Waals surface area contributed by atoms with Crippen molar-refractivity contribution < 1.29 is 0 Å². The zero-order valence-electron chi connectivity index (χ0n) is 12.7. The van der Waals surface area contributed by atoms with Crippen LogP contribution in [0.3, 0.4) is 0 Å². The number of benzene rings is 1. The average Bonchev–Trinajstić information content (AvgIpc) is 2.68. The standard InChI is InChI=1S/C16H21Br2N3/c1-4-19-13(9-12-7-5-6-8-14(12)17)10-15-16(18)11(2)20-21(15)3/h5-8,13,19H,4,9-10H2,1-3H3. The van der Waals surface area contributed by atoms with Crippen molar-refractivity contribution in [3.8, 4) is 0 Å². The quantitative estimate of drug-likeness (QED) is 0.773. The Labute approximate surface area is 143 Å². The number of nitrogens with zero attached hydrogens (tertiary/aromatic N) is 2. The van der Waals surface area contributed by atoms with Gasteiger partial charge in [0.25, 0.3) is 0 Å². The third-order valence-electron chi connectivity index (χ3n) is 3.62. The van der Waals surface area contributed by atoms with Crippen LogP contribution in [0.25, 0.3) is 0 Å². The molecule has 3 nitrogen and oxygen atoms in total. The third-order valence-corrected chi connectivity index (χ3v) is 5.42. The Hall–Kier alpha value is -0.650. The fourth-order valence-corrected chi connectivity index (χ4v) is 3.51. The maximum absolute atomic E-state index is 4.48. The molecule has 0 fully saturated rings. The molecule has 1 N–H and O–H groups in total. The van der Waals surface area contributed by atoms with Crippen molar-refractivity contribution >= 4 is 31.9 Å². The first-order chi connectivity index (χ1) is 10.0. The highest BCUT2D eigenvalue weighted by Crippen LogP contribution is 2.23. The van der Waals surface area contributed by atoms with E-state index in [0.717, 1.165) is 29.6 Å². The predicted molar refractivity (Wildman–Crippen MR) is 94.7 cm³/mol. The number of nitrogens with one attached hydrogen (secondary N) is 1. The van der Waals surface area contributed by atoms with Gasteiger partial charge in [0.15, 0.2) is 0 Å². The number of hydrogen-bond donors (Lipinski definition) is 1. The van der Waals surface area contributed by atoms with Gasteiger partial charge in [0, 0.05) is 24.0 Å². The SMILES string of the molecule is CCNC(Cc1ccccc1Br)Cc1c(Br)c(C)nn1C. The van der Waals surface area contributed by atoms with Gasteiger partial charge in [-0.1, -0.05) is 41.1 Å². The molecule has 1 heterocycles. The first-order valence-corrected chi connectivity index (χ1v) is 8.76. The van der Waals surface area contributed by atoms with Gasteiger partial charge in [0.05, 0.1) is 15.9 Å². The maximum Gasteiger partial charge on any atom is 0.0738 e. The van der Waals surface area contributed by atoms with Crippen LogP contribution in [0.15, 0.2) is 33.2 Å². The summed E-state index contributed by atoms with van der Waals surface area (Å²) in [5.41, 5.74) is 3.62. The zero-order chi connectivity index (χ0) is 15.4. The van der Waals surface area contributed by atoms with Crippen molar-refractivity contribution in [2.75, 3.05) is 6.54 Å². The molecule has 0 saturated carbocycles. The first-order valence-electron chi connectivity index (χ1n) is 7.17. The lowest BCUT2D eigenvalue weighted by atomic mass is 10.0. The highest BCUT2D eigenvalue weighted by atomic mass is 79.9. The minimum atomic E-state index is 0.389. The molecule has 0 aliphatic rings. The van der Waals surface area contributed by atoms with Crippen molar-refractivity contribution in [1.82, 2.24) is 15.1 Å². The molecule has 21 heavy (non-hydrogen) atoms. The van der Waals surface area contributed by atoms with Crippen LogP contribution in [0.2, 0.25) is 0 Å². The molecule has 1 atom stereocenters. The van der Waals surface area contributed by atoms with Crippen molar-refractivity contribution in [3.05, 3.63) is 50.2 Å². The number of rotatable bonds is 6. The summed E-state index contributed by atoms with van der Waals surface area (Å²) in [6.07, 6.45) is 1.94. The molecule has 0 aliphatic carbocycles. The van der Waals surface area contributed by atoms with E-state index in [4.69, 9.17) is 0 Å². The number of aromatic nitrogens is 2. The molecule has 2 aromatic rings. The van der Waals surface area contributed by atoms with E-state index in [1.807, 2.05) is 18.7 Å². The van der Waals surface area contributed by atoms with Crippen LogP contribution in [-0.2, 0) is 19.9 Å². The van der Waals surface area contributed by atoms with E-state index < -0.39 is 0 Å². The first kappa shape index (κ1) is 16.7. The van der Waals surface area contributed by atoms with Crippen molar-refractivity contribution in [2.24, 2.45) is 7.05 Å². The molecule has 1 aromatic carbocycles. The highest BCUT2D eigenvalue weighted by molar-refractivity contribution is 9.10. The van der Waals surface area contributed by atoms with Crippen LogP contribution < -0.4 is 5.32 Å². The fraction of sp³-hybridized carbons (Fsp3) is 0.438. The van der Waals surface area contributed by atoms with Crippen molar-refractivity contribution in [3.63, 3.8) is 0 Å². The normalized spacial score (nSPS) is 12.6. The van der Waals surface area contributed by atoms with Gasteiger partial charge in [-0.05, 0) is 47.4 Å².